The Hall–Kier alpha value is -1.95. The minimum absolute atomic E-state index is 0.131. The highest BCUT2D eigenvalue weighted by Crippen LogP contribution is 2.16. The second kappa shape index (κ2) is 9.07. The molecule has 0 bridgehead atoms. The molecule has 1 aromatic carbocycles. The first-order valence-corrected chi connectivity index (χ1v) is 6.71. The molecule has 0 aliphatic carbocycles. The van der Waals surface area contributed by atoms with Crippen LogP contribution < -0.4 is 5.32 Å². The third kappa shape index (κ3) is 6.35. The maximum absolute atomic E-state index is 13.8. The minimum Gasteiger partial charge on any atom is -0.469 e. The Morgan fingerprint density at radius 1 is 1.24 bits per heavy atom. The molecule has 21 heavy (non-hydrogen) atoms. The fourth-order valence-corrected chi connectivity index (χ4v) is 1.75. The van der Waals surface area contributed by atoms with Gasteiger partial charge in [0, 0.05) is 25.8 Å². The lowest BCUT2D eigenvalue weighted by Gasteiger charge is -2.07. The van der Waals surface area contributed by atoms with E-state index in [1.807, 2.05) is 0 Å². The Kier molecular flexibility index (Phi) is 7.39. The van der Waals surface area contributed by atoms with Gasteiger partial charge in [-0.2, -0.15) is 0 Å². The van der Waals surface area contributed by atoms with Crippen LogP contribution in [0.3, 0.4) is 0 Å². The van der Waals surface area contributed by atoms with E-state index < -0.39 is 11.8 Å². The summed E-state index contributed by atoms with van der Waals surface area (Å²) in [5, 5.41) is 2.62. The topological polar surface area (TPSA) is 64.6 Å². The van der Waals surface area contributed by atoms with Crippen molar-refractivity contribution >= 4 is 17.6 Å². The van der Waals surface area contributed by atoms with Crippen LogP contribution in [0.4, 0.5) is 10.1 Å². The molecule has 0 aliphatic rings. The van der Waals surface area contributed by atoms with Gasteiger partial charge in [-0.05, 0) is 30.5 Å². The fraction of sp³-hybridized carbons (Fsp3) is 0.467. The molecule has 0 atom stereocenters. The van der Waals surface area contributed by atoms with Gasteiger partial charge in [0.15, 0.2) is 0 Å². The SMILES string of the molecule is COCCCCC(=O)Nc1ccc(CC(=O)OC)c(F)c1. The van der Waals surface area contributed by atoms with Gasteiger partial charge in [0.1, 0.15) is 5.82 Å². The molecule has 1 N–H and O–H groups in total. The lowest BCUT2D eigenvalue weighted by molar-refractivity contribution is -0.139. The van der Waals surface area contributed by atoms with Crippen molar-refractivity contribution in [1.29, 1.82) is 0 Å². The molecule has 0 heterocycles. The van der Waals surface area contributed by atoms with Crippen molar-refractivity contribution in [3.63, 3.8) is 0 Å². The van der Waals surface area contributed by atoms with Gasteiger partial charge in [-0.3, -0.25) is 9.59 Å². The Morgan fingerprint density at radius 2 is 2.00 bits per heavy atom. The summed E-state index contributed by atoms with van der Waals surface area (Å²) in [5.41, 5.74) is 0.609. The number of anilines is 1. The van der Waals surface area contributed by atoms with Gasteiger partial charge in [0.2, 0.25) is 5.91 Å². The molecular formula is C15H20FNO4. The third-order valence-electron chi connectivity index (χ3n) is 2.90. The molecule has 0 aromatic heterocycles. The van der Waals surface area contributed by atoms with E-state index in [4.69, 9.17) is 4.74 Å². The third-order valence-corrected chi connectivity index (χ3v) is 2.90. The molecule has 0 radical (unpaired) electrons. The molecule has 5 nitrogen and oxygen atoms in total. The number of hydrogen-bond donors (Lipinski definition) is 1. The molecule has 0 spiro atoms. The number of esters is 1. The first-order valence-electron chi connectivity index (χ1n) is 6.71. The van der Waals surface area contributed by atoms with Gasteiger partial charge in [-0.1, -0.05) is 6.07 Å². The fourth-order valence-electron chi connectivity index (χ4n) is 1.75. The summed E-state index contributed by atoms with van der Waals surface area (Å²) in [6.45, 7) is 0.615. The van der Waals surface area contributed by atoms with E-state index in [1.54, 1.807) is 13.2 Å². The standard InChI is InChI=1S/C15H20FNO4/c1-20-8-4-3-5-14(18)17-12-7-6-11(13(16)10-12)9-15(19)21-2/h6-7,10H,3-5,8-9H2,1-2H3,(H,17,18). The van der Waals surface area contributed by atoms with Crippen molar-refractivity contribution in [2.75, 3.05) is 26.1 Å². The van der Waals surface area contributed by atoms with Gasteiger partial charge < -0.3 is 14.8 Å². The van der Waals surface area contributed by atoms with E-state index in [1.165, 1.54) is 19.2 Å². The van der Waals surface area contributed by atoms with Crippen LogP contribution in [0.15, 0.2) is 18.2 Å². The van der Waals surface area contributed by atoms with Crippen molar-refractivity contribution < 1.29 is 23.5 Å². The lowest BCUT2D eigenvalue weighted by Crippen LogP contribution is -2.12. The molecule has 6 heteroatoms. The van der Waals surface area contributed by atoms with Gasteiger partial charge in [-0.15, -0.1) is 0 Å². The normalized spacial score (nSPS) is 10.2. The van der Waals surface area contributed by atoms with Gasteiger partial charge in [-0.25, -0.2) is 4.39 Å². The lowest BCUT2D eigenvalue weighted by atomic mass is 10.1. The van der Waals surface area contributed by atoms with E-state index in [9.17, 15) is 14.0 Å². The summed E-state index contributed by atoms with van der Waals surface area (Å²) in [5.74, 6) is -1.23. The molecular weight excluding hydrogens is 277 g/mol. The van der Waals surface area contributed by atoms with E-state index in [-0.39, 0.29) is 17.9 Å². The smallest absolute Gasteiger partial charge is 0.310 e. The van der Waals surface area contributed by atoms with E-state index in [0.29, 0.717) is 25.1 Å². The summed E-state index contributed by atoms with van der Waals surface area (Å²) < 4.78 is 23.1. The second-order valence-electron chi connectivity index (χ2n) is 4.56. The largest absolute Gasteiger partial charge is 0.469 e. The summed E-state index contributed by atoms with van der Waals surface area (Å²) >= 11 is 0. The van der Waals surface area contributed by atoms with Crippen molar-refractivity contribution in [3.8, 4) is 0 Å². The second-order valence-corrected chi connectivity index (χ2v) is 4.56. The van der Waals surface area contributed by atoms with Crippen molar-refractivity contribution in [3.05, 3.63) is 29.6 Å². The highest BCUT2D eigenvalue weighted by Gasteiger charge is 2.10. The number of nitrogens with one attached hydrogen (secondary N) is 1. The number of rotatable bonds is 8. The summed E-state index contributed by atoms with van der Waals surface area (Å²) in [6.07, 6.45) is 1.74. The van der Waals surface area contributed by atoms with Crippen LogP contribution in [0.5, 0.6) is 0 Å². The average Bonchev–Trinajstić information content (AvgIpc) is 2.46. The Balaban J connectivity index is 2.51. The number of carbonyl (C=O) groups excluding carboxylic acids is 2. The van der Waals surface area contributed by atoms with E-state index in [0.717, 1.165) is 6.42 Å². The van der Waals surface area contributed by atoms with Gasteiger partial charge in [0.05, 0.1) is 13.5 Å². The molecule has 0 saturated carbocycles. The number of methoxy groups -OCH3 is 2. The van der Waals surface area contributed by atoms with Gasteiger partial charge >= 0.3 is 5.97 Å². The average molecular weight is 297 g/mol. The Labute approximate surface area is 123 Å². The van der Waals surface area contributed by atoms with Crippen LogP contribution in [0, 0.1) is 5.82 Å². The van der Waals surface area contributed by atoms with Crippen LogP contribution >= 0.6 is 0 Å². The zero-order chi connectivity index (χ0) is 15.7. The maximum atomic E-state index is 13.8. The zero-order valence-corrected chi connectivity index (χ0v) is 12.3. The highest BCUT2D eigenvalue weighted by atomic mass is 19.1. The summed E-state index contributed by atoms with van der Waals surface area (Å²) in [6, 6.07) is 4.23. The molecule has 0 aliphatic heterocycles. The zero-order valence-electron chi connectivity index (χ0n) is 12.3. The molecule has 1 aromatic rings. The van der Waals surface area contributed by atoms with Crippen molar-refractivity contribution in [2.45, 2.75) is 25.7 Å². The van der Waals surface area contributed by atoms with Crippen molar-refractivity contribution in [2.24, 2.45) is 0 Å². The Bertz CT molecular complexity index is 491. The maximum Gasteiger partial charge on any atom is 0.310 e. The number of amides is 1. The summed E-state index contributed by atoms with van der Waals surface area (Å²) in [4.78, 5) is 22.7. The Morgan fingerprint density at radius 3 is 2.62 bits per heavy atom. The molecule has 1 rings (SSSR count). The molecule has 0 fully saturated rings. The van der Waals surface area contributed by atoms with Crippen LogP contribution in [0.1, 0.15) is 24.8 Å². The first-order chi connectivity index (χ1) is 10.1. The van der Waals surface area contributed by atoms with E-state index >= 15 is 0 Å². The van der Waals surface area contributed by atoms with E-state index in [2.05, 4.69) is 10.1 Å². The number of unbranched alkanes of at least 4 members (excludes halogenated alkanes) is 1. The highest BCUT2D eigenvalue weighted by molar-refractivity contribution is 5.90. The van der Waals surface area contributed by atoms with Crippen LogP contribution in [-0.4, -0.2) is 32.7 Å². The number of ether oxygens (including phenoxy) is 2. The van der Waals surface area contributed by atoms with Crippen LogP contribution in [0.2, 0.25) is 0 Å². The first kappa shape index (κ1) is 17.1. The molecule has 1 amide bonds. The number of carbonyl (C=O) groups is 2. The number of halogens is 1. The van der Waals surface area contributed by atoms with Crippen LogP contribution in [-0.2, 0) is 25.5 Å². The minimum atomic E-state index is -0.544. The molecule has 116 valence electrons. The molecule has 0 saturated heterocycles. The van der Waals surface area contributed by atoms with Gasteiger partial charge in [0.25, 0.3) is 0 Å². The molecule has 0 unspecified atom stereocenters. The summed E-state index contributed by atoms with van der Waals surface area (Å²) in [7, 11) is 2.86. The predicted molar refractivity (Wildman–Crippen MR) is 76.5 cm³/mol. The quantitative estimate of drug-likeness (QED) is 0.590. The number of benzene rings is 1. The predicted octanol–water partition coefficient (Wildman–Crippen LogP) is 2.30. The van der Waals surface area contributed by atoms with Crippen molar-refractivity contribution in [1.82, 2.24) is 0 Å². The monoisotopic (exact) mass is 297 g/mol. The number of hydrogen-bond acceptors (Lipinski definition) is 4. The van der Waals surface area contributed by atoms with Crippen LogP contribution in [0.25, 0.3) is 0 Å².